The van der Waals surface area contributed by atoms with Crippen LogP contribution in [0.25, 0.3) is 0 Å². The summed E-state index contributed by atoms with van der Waals surface area (Å²) in [6.07, 6.45) is 5.32. The molecule has 0 radical (unpaired) electrons. The predicted octanol–water partition coefficient (Wildman–Crippen LogP) is 3.42. The molecule has 0 unspecified atom stereocenters. The Kier molecular flexibility index (Phi) is 5.01. The number of anilines is 1. The SMILES string of the molecule is CC(C)(O)c1scc([S@](N)(=O)=NC(=O)Nc2c3c(nc4c2CCC4)CCC3)c1F. The van der Waals surface area contributed by atoms with E-state index in [4.69, 9.17) is 10.1 Å². The molecule has 0 bridgehead atoms. The van der Waals surface area contributed by atoms with Gasteiger partial charge in [-0.15, -0.1) is 15.7 Å². The van der Waals surface area contributed by atoms with Crippen molar-refractivity contribution in [2.75, 3.05) is 5.32 Å². The van der Waals surface area contributed by atoms with Crippen LogP contribution >= 0.6 is 11.3 Å². The van der Waals surface area contributed by atoms with E-state index >= 15 is 0 Å². The first-order valence-electron chi connectivity index (χ1n) is 9.47. The number of hydrogen-bond acceptors (Lipinski definition) is 5. The first-order chi connectivity index (χ1) is 13.6. The van der Waals surface area contributed by atoms with E-state index in [2.05, 4.69) is 9.68 Å². The van der Waals surface area contributed by atoms with Crippen molar-refractivity contribution in [3.63, 3.8) is 0 Å². The number of pyridine rings is 1. The van der Waals surface area contributed by atoms with Crippen LogP contribution in [0.1, 0.15) is 54.1 Å². The zero-order valence-electron chi connectivity index (χ0n) is 16.2. The van der Waals surface area contributed by atoms with Crippen molar-refractivity contribution in [1.29, 1.82) is 0 Å². The fraction of sp³-hybridized carbons (Fsp3) is 0.474. The average molecular weight is 439 g/mol. The Bertz CT molecular complexity index is 1100. The van der Waals surface area contributed by atoms with Crippen molar-refractivity contribution in [1.82, 2.24) is 4.98 Å². The molecule has 2 aliphatic rings. The Labute approximate surface area is 172 Å². The van der Waals surface area contributed by atoms with Crippen LogP contribution in [-0.4, -0.2) is 20.3 Å². The molecule has 0 spiro atoms. The standard InChI is InChI=1S/C19H23FN4O3S2/c1-19(2,26)17-15(20)14(9-28-17)29(21,27)24-18(25)23-16-10-5-3-7-12(10)22-13-8-4-6-11(13)16/h9,26H,3-8H2,1-2H3,(H3,21,22,23,24,25,27)/t29-/m1/s1. The molecule has 0 saturated carbocycles. The molecule has 2 aliphatic carbocycles. The number of nitrogens with one attached hydrogen (secondary N) is 1. The van der Waals surface area contributed by atoms with Crippen molar-refractivity contribution in [3.8, 4) is 0 Å². The molecule has 29 heavy (non-hydrogen) atoms. The third kappa shape index (κ3) is 3.70. The van der Waals surface area contributed by atoms with Crippen LogP contribution in [-0.2, 0) is 41.2 Å². The van der Waals surface area contributed by atoms with Gasteiger partial charge in [-0.05, 0) is 63.5 Å². The van der Waals surface area contributed by atoms with Crippen LogP contribution in [0.4, 0.5) is 14.9 Å². The van der Waals surface area contributed by atoms with Crippen LogP contribution < -0.4 is 10.5 Å². The fourth-order valence-corrected chi connectivity index (χ4v) is 6.32. The molecule has 2 aromatic rings. The quantitative estimate of drug-likeness (QED) is 0.680. The summed E-state index contributed by atoms with van der Waals surface area (Å²) in [6, 6.07) is -0.873. The number of rotatable bonds is 3. The summed E-state index contributed by atoms with van der Waals surface area (Å²) in [5.74, 6) is -0.891. The zero-order valence-corrected chi connectivity index (χ0v) is 17.9. The summed E-state index contributed by atoms with van der Waals surface area (Å²) in [7, 11) is -3.81. The first-order valence-corrected chi connectivity index (χ1v) is 11.9. The minimum absolute atomic E-state index is 0.00828. The maximum absolute atomic E-state index is 14.7. The minimum Gasteiger partial charge on any atom is -0.385 e. The summed E-state index contributed by atoms with van der Waals surface area (Å²) < 4.78 is 31.1. The summed E-state index contributed by atoms with van der Waals surface area (Å²) in [6.45, 7) is 2.83. The highest BCUT2D eigenvalue weighted by molar-refractivity contribution is 7.91. The molecule has 10 heteroatoms. The summed E-state index contributed by atoms with van der Waals surface area (Å²) in [5.41, 5.74) is 3.24. The topological polar surface area (TPSA) is 118 Å². The average Bonchev–Trinajstić information content (AvgIpc) is 3.31. The molecule has 2 heterocycles. The number of aryl methyl sites for hydroxylation is 2. The van der Waals surface area contributed by atoms with Gasteiger partial charge < -0.3 is 10.4 Å². The highest BCUT2D eigenvalue weighted by atomic mass is 32.2. The smallest absolute Gasteiger partial charge is 0.354 e. The molecule has 7 nitrogen and oxygen atoms in total. The summed E-state index contributed by atoms with van der Waals surface area (Å²) in [4.78, 5) is 16.9. The second-order valence-electron chi connectivity index (χ2n) is 7.94. The van der Waals surface area contributed by atoms with E-state index in [-0.39, 0.29) is 9.77 Å². The van der Waals surface area contributed by atoms with E-state index in [0.29, 0.717) is 5.69 Å². The number of fused-ring (bicyclic) bond motifs is 2. The third-order valence-electron chi connectivity index (χ3n) is 5.27. The van der Waals surface area contributed by atoms with E-state index in [1.165, 1.54) is 19.2 Å². The van der Waals surface area contributed by atoms with Gasteiger partial charge in [0.1, 0.15) is 14.8 Å². The lowest BCUT2D eigenvalue weighted by atomic mass is 10.1. The number of thiophene rings is 1. The Balaban J connectivity index is 1.68. The van der Waals surface area contributed by atoms with E-state index in [0.717, 1.165) is 72.4 Å². The molecule has 156 valence electrons. The fourth-order valence-electron chi connectivity index (χ4n) is 3.98. The monoisotopic (exact) mass is 438 g/mol. The number of halogens is 1. The Morgan fingerprint density at radius 2 is 1.86 bits per heavy atom. The Morgan fingerprint density at radius 1 is 1.28 bits per heavy atom. The molecular formula is C19H23FN4O3S2. The van der Waals surface area contributed by atoms with Gasteiger partial charge in [-0.2, -0.15) is 0 Å². The van der Waals surface area contributed by atoms with E-state index in [1.807, 2.05) is 0 Å². The normalized spacial score (nSPS) is 17.6. The number of carbonyl (C=O) groups is 1. The zero-order chi connectivity index (χ0) is 21.0. The summed E-state index contributed by atoms with van der Waals surface area (Å²) >= 11 is 0.889. The van der Waals surface area contributed by atoms with Gasteiger partial charge in [-0.25, -0.2) is 18.5 Å². The van der Waals surface area contributed by atoms with Crippen molar-refractivity contribution in [2.24, 2.45) is 9.50 Å². The van der Waals surface area contributed by atoms with Crippen molar-refractivity contribution in [2.45, 2.75) is 62.9 Å². The first kappa shape index (κ1) is 20.4. The molecule has 0 aliphatic heterocycles. The number of urea groups is 1. The van der Waals surface area contributed by atoms with Gasteiger partial charge in [0.15, 0.2) is 5.82 Å². The van der Waals surface area contributed by atoms with Gasteiger partial charge in [0.2, 0.25) is 0 Å². The van der Waals surface area contributed by atoms with Gasteiger partial charge >= 0.3 is 6.03 Å². The number of hydrogen-bond donors (Lipinski definition) is 3. The van der Waals surface area contributed by atoms with Crippen molar-refractivity contribution < 1.29 is 18.5 Å². The minimum atomic E-state index is -3.81. The van der Waals surface area contributed by atoms with Crippen LogP contribution in [0, 0.1) is 5.82 Å². The largest absolute Gasteiger partial charge is 0.385 e. The Morgan fingerprint density at radius 3 is 2.38 bits per heavy atom. The van der Waals surface area contributed by atoms with Crippen LogP contribution in [0.3, 0.4) is 0 Å². The molecule has 4 rings (SSSR count). The van der Waals surface area contributed by atoms with E-state index in [1.54, 1.807) is 0 Å². The molecule has 0 aromatic carbocycles. The molecule has 0 saturated heterocycles. The van der Waals surface area contributed by atoms with E-state index in [9.17, 15) is 18.5 Å². The molecular weight excluding hydrogens is 415 g/mol. The third-order valence-corrected chi connectivity index (χ3v) is 8.05. The van der Waals surface area contributed by atoms with Gasteiger partial charge in [-0.3, -0.25) is 4.98 Å². The van der Waals surface area contributed by atoms with Gasteiger partial charge in [0.25, 0.3) is 0 Å². The lowest BCUT2D eigenvalue weighted by molar-refractivity contribution is 0.0785. The van der Waals surface area contributed by atoms with Crippen LogP contribution in [0.2, 0.25) is 0 Å². The highest BCUT2D eigenvalue weighted by Crippen LogP contribution is 2.37. The number of nitrogens with zero attached hydrogens (tertiary/aromatic N) is 2. The van der Waals surface area contributed by atoms with E-state index < -0.39 is 27.4 Å². The maximum atomic E-state index is 14.7. The molecule has 4 N–H and O–H groups in total. The highest BCUT2D eigenvalue weighted by Gasteiger charge is 2.30. The number of aliphatic hydroxyl groups is 1. The number of amides is 2. The van der Waals surface area contributed by atoms with Crippen molar-refractivity contribution in [3.05, 3.63) is 38.6 Å². The van der Waals surface area contributed by atoms with Crippen LogP contribution in [0.5, 0.6) is 0 Å². The second kappa shape index (κ2) is 7.12. The predicted molar refractivity (Wildman–Crippen MR) is 110 cm³/mol. The molecule has 1 atom stereocenters. The Hall–Kier alpha value is -1.88. The number of carbonyl (C=O) groups excluding carboxylic acids is 1. The lowest BCUT2D eigenvalue weighted by Gasteiger charge is -2.15. The van der Waals surface area contributed by atoms with Crippen molar-refractivity contribution >= 4 is 33.0 Å². The van der Waals surface area contributed by atoms with Gasteiger partial charge in [-0.1, -0.05) is 0 Å². The lowest BCUT2D eigenvalue weighted by Crippen LogP contribution is -2.20. The van der Waals surface area contributed by atoms with Crippen LogP contribution in [0.15, 0.2) is 14.6 Å². The molecule has 2 amide bonds. The maximum Gasteiger partial charge on any atom is 0.354 e. The number of aromatic nitrogens is 1. The van der Waals surface area contributed by atoms with Gasteiger partial charge in [0, 0.05) is 16.8 Å². The molecule has 0 fully saturated rings. The molecule has 2 aromatic heterocycles. The van der Waals surface area contributed by atoms with Gasteiger partial charge in [0.05, 0.1) is 16.2 Å². The second-order valence-corrected chi connectivity index (χ2v) is 10.6. The number of nitrogens with two attached hydrogens (primary N) is 1. The summed E-state index contributed by atoms with van der Waals surface area (Å²) in [5, 5.41) is 19.8.